The van der Waals surface area contributed by atoms with Crippen LogP contribution in [-0.2, 0) is 11.2 Å². The zero-order valence-electron chi connectivity index (χ0n) is 13.0. The molecule has 1 aromatic carbocycles. The Morgan fingerprint density at radius 3 is 2.65 bits per heavy atom. The van der Waals surface area contributed by atoms with Crippen molar-refractivity contribution in [3.8, 4) is 0 Å². The number of rotatable bonds is 4. The van der Waals surface area contributed by atoms with Crippen LogP contribution in [0.25, 0.3) is 0 Å². The molecule has 0 aromatic heterocycles. The van der Waals surface area contributed by atoms with Crippen molar-refractivity contribution in [2.24, 2.45) is 0 Å². The minimum Gasteiger partial charge on any atom is -0.390 e. The Balaban J connectivity index is 1.54. The van der Waals surface area contributed by atoms with Gasteiger partial charge >= 0.3 is 0 Å². The Morgan fingerprint density at radius 1 is 1.22 bits per heavy atom. The van der Waals surface area contributed by atoms with Gasteiger partial charge in [0.1, 0.15) is 0 Å². The highest BCUT2D eigenvalue weighted by molar-refractivity contribution is 6.35. The normalized spacial score (nSPS) is 25.3. The summed E-state index contributed by atoms with van der Waals surface area (Å²) in [6, 6.07) is 5.45. The molecule has 0 saturated carbocycles. The number of carbonyl (C=O) groups excluding carboxylic acids is 1. The van der Waals surface area contributed by atoms with Crippen LogP contribution >= 0.6 is 23.2 Å². The average molecular weight is 357 g/mol. The van der Waals surface area contributed by atoms with Gasteiger partial charge in [-0.25, -0.2) is 0 Å². The number of carbonyl (C=O) groups is 1. The highest BCUT2D eigenvalue weighted by Crippen LogP contribution is 2.24. The number of amides is 1. The lowest BCUT2D eigenvalue weighted by Gasteiger charge is -2.25. The van der Waals surface area contributed by atoms with E-state index in [1.165, 1.54) is 12.8 Å². The number of aliphatic hydroxyl groups is 1. The largest absolute Gasteiger partial charge is 0.390 e. The topological polar surface area (TPSA) is 43.8 Å². The number of aryl methyl sites for hydroxylation is 1. The molecule has 2 heterocycles. The molecule has 1 amide bonds. The lowest BCUT2D eigenvalue weighted by Crippen LogP contribution is -2.41. The van der Waals surface area contributed by atoms with Crippen molar-refractivity contribution < 1.29 is 9.90 Å². The molecule has 0 spiro atoms. The fraction of sp³-hybridized carbons (Fsp3) is 0.588. The molecular weight excluding hydrogens is 335 g/mol. The van der Waals surface area contributed by atoms with E-state index in [2.05, 4.69) is 4.90 Å². The molecule has 1 aromatic rings. The van der Waals surface area contributed by atoms with Gasteiger partial charge in [-0.05, 0) is 50.0 Å². The zero-order chi connectivity index (χ0) is 16.4. The Kier molecular flexibility index (Phi) is 5.47. The van der Waals surface area contributed by atoms with E-state index < -0.39 is 6.10 Å². The van der Waals surface area contributed by atoms with Crippen LogP contribution < -0.4 is 0 Å². The van der Waals surface area contributed by atoms with Gasteiger partial charge in [0.2, 0.25) is 5.91 Å². The van der Waals surface area contributed by atoms with Gasteiger partial charge in [-0.2, -0.15) is 0 Å². The van der Waals surface area contributed by atoms with Crippen molar-refractivity contribution in [3.63, 3.8) is 0 Å². The molecule has 2 atom stereocenters. The van der Waals surface area contributed by atoms with Crippen LogP contribution in [0.1, 0.15) is 24.8 Å². The Labute approximate surface area is 147 Å². The summed E-state index contributed by atoms with van der Waals surface area (Å²) in [6.07, 6.45) is 2.94. The van der Waals surface area contributed by atoms with Crippen LogP contribution in [-0.4, -0.2) is 59.1 Å². The van der Waals surface area contributed by atoms with Crippen molar-refractivity contribution in [1.29, 1.82) is 0 Å². The van der Waals surface area contributed by atoms with E-state index in [1.54, 1.807) is 17.0 Å². The summed E-state index contributed by atoms with van der Waals surface area (Å²) in [7, 11) is 0. The molecule has 23 heavy (non-hydrogen) atoms. The quantitative estimate of drug-likeness (QED) is 0.901. The summed E-state index contributed by atoms with van der Waals surface area (Å²) >= 11 is 12.0. The molecule has 6 heteroatoms. The van der Waals surface area contributed by atoms with Gasteiger partial charge in [-0.3, -0.25) is 9.69 Å². The van der Waals surface area contributed by atoms with Crippen LogP contribution in [0.15, 0.2) is 18.2 Å². The lowest BCUT2D eigenvalue weighted by molar-refractivity contribution is -0.130. The van der Waals surface area contributed by atoms with Crippen molar-refractivity contribution in [2.75, 3.05) is 26.2 Å². The highest BCUT2D eigenvalue weighted by Gasteiger charge is 2.38. The first kappa shape index (κ1) is 17.0. The zero-order valence-corrected chi connectivity index (χ0v) is 14.6. The molecule has 2 aliphatic rings. The third-order valence-corrected chi connectivity index (χ3v) is 5.43. The summed E-state index contributed by atoms with van der Waals surface area (Å²) in [5.74, 6) is 0.0803. The van der Waals surface area contributed by atoms with Gasteiger partial charge < -0.3 is 10.0 Å². The number of aliphatic hydroxyl groups excluding tert-OH is 1. The lowest BCUT2D eigenvalue weighted by atomic mass is 10.1. The molecule has 0 bridgehead atoms. The van der Waals surface area contributed by atoms with Crippen LogP contribution in [0.2, 0.25) is 10.0 Å². The average Bonchev–Trinajstić information content (AvgIpc) is 3.15. The predicted octanol–water partition coefficient (Wildman–Crippen LogP) is 2.59. The number of hydrogen-bond acceptors (Lipinski definition) is 3. The van der Waals surface area contributed by atoms with Crippen LogP contribution in [0.3, 0.4) is 0 Å². The van der Waals surface area contributed by atoms with Crippen LogP contribution in [0.5, 0.6) is 0 Å². The molecular formula is C17H22Cl2N2O2. The molecule has 1 N–H and O–H groups in total. The highest BCUT2D eigenvalue weighted by atomic mass is 35.5. The fourth-order valence-corrected chi connectivity index (χ4v) is 4.03. The number of hydrogen-bond donors (Lipinski definition) is 1. The predicted molar refractivity (Wildman–Crippen MR) is 92.0 cm³/mol. The van der Waals surface area contributed by atoms with Crippen LogP contribution in [0, 0.1) is 0 Å². The second kappa shape index (κ2) is 7.39. The summed E-state index contributed by atoms with van der Waals surface area (Å²) in [4.78, 5) is 16.5. The van der Waals surface area contributed by atoms with Gasteiger partial charge in [-0.15, -0.1) is 0 Å². The van der Waals surface area contributed by atoms with E-state index in [4.69, 9.17) is 23.2 Å². The maximum absolute atomic E-state index is 12.4. The van der Waals surface area contributed by atoms with Gasteiger partial charge in [0.15, 0.2) is 0 Å². The van der Waals surface area contributed by atoms with Gasteiger partial charge in [-0.1, -0.05) is 29.3 Å². The molecule has 2 aliphatic heterocycles. The maximum Gasteiger partial charge on any atom is 0.223 e. The first-order chi connectivity index (χ1) is 11.0. The van der Waals surface area contributed by atoms with E-state index >= 15 is 0 Å². The van der Waals surface area contributed by atoms with Crippen molar-refractivity contribution >= 4 is 29.1 Å². The summed E-state index contributed by atoms with van der Waals surface area (Å²) in [6.45, 7) is 3.14. The van der Waals surface area contributed by atoms with E-state index in [0.717, 1.165) is 18.7 Å². The standard InChI is InChI=1S/C17H22Cl2N2O2/c18-13-5-3-12(14(19)9-13)4-6-17(23)21-10-15(16(22)11-21)20-7-1-2-8-20/h3,5,9,15-16,22H,1-2,4,6-8,10-11H2/t15-,16-/m0/s1. The van der Waals surface area contributed by atoms with E-state index in [0.29, 0.717) is 36.0 Å². The molecule has 3 rings (SSSR count). The van der Waals surface area contributed by atoms with E-state index in [9.17, 15) is 9.90 Å². The molecule has 0 unspecified atom stereocenters. The molecule has 4 nitrogen and oxygen atoms in total. The monoisotopic (exact) mass is 356 g/mol. The summed E-state index contributed by atoms with van der Waals surface area (Å²) in [5.41, 5.74) is 0.931. The second-order valence-electron chi connectivity index (χ2n) is 6.41. The number of halogens is 2. The minimum absolute atomic E-state index is 0.0803. The van der Waals surface area contributed by atoms with E-state index in [-0.39, 0.29) is 11.9 Å². The van der Waals surface area contributed by atoms with Gasteiger partial charge in [0.25, 0.3) is 0 Å². The molecule has 0 radical (unpaired) electrons. The third kappa shape index (κ3) is 4.00. The molecule has 2 saturated heterocycles. The Hall–Kier alpha value is -0.810. The van der Waals surface area contributed by atoms with E-state index in [1.807, 2.05) is 6.07 Å². The number of β-amino-alcohol motifs (C(OH)–C–C–N with tert-alkyl or cyclic N) is 1. The molecule has 2 fully saturated rings. The minimum atomic E-state index is -0.434. The van der Waals surface area contributed by atoms with Crippen molar-refractivity contribution in [2.45, 2.75) is 37.8 Å². The van der Waals surface area contributed by atoms with Gasteiger partial charge in [0.05, 0.1) is 12.1 Å². The van der Waals surface area contributed by atoms with Crippen molar-refractivity contribution in [3.05, 3.63) is 33.8 Å². The molecule has 126 valence electrons. The number of likely N-dealkylation sites (tertiary alicyclic amines) is 2. The molecule has 0 aliphatic carbocycles. The smallest absolute Gasteiger partial charge is 0.223 e. The van der Waals surface area contributed by atoms with Crippen molar-refractivity contribution in [1.82, 2.24) is 9.80 Å². The number of nitrogens with zero attached hydrogens (tertiary/aromatic N) is 2. The Bertz CT molecular complexity index is 576. The summed E-state index contributed by atoms with van der Waals surface area (Å²) < 4.78 is 0. The third-order valence-electron chi connectivity index (χ3n) is 4.84. The fourth-order valence-electron chi connectivity index (χ4n) is 3.53. The van der Waals surface area contributed by atoms with Gasteiger partial charge in [0, 0.05) is 29.6 Å². The first-order valence-electron chi connectivity index (χ1n) is 8.18. The summed E-state index contributed by atoms with van der Waals surface area (Å²) in [5, 5.41) is 11.5. The second-order valence-corrected chi connectivity index (χ2v) is 7.26. The first-order valence-corrected chi connectivity index (χ1v) is 8.94. The SMILES string of the molecule is O=C(CCc1ccc(Cl)cc1Cl)N1C[C@H](O)[C@@H](N2CCCC2)C1. The van der Waals surface area contributed by atoms with Crippen LogP contribution in [0.4, 0.5) is 0 Å². The number of benzene rings is 1. The Morgan fingerprint density at radius 2 is 1.96 bits per heavy atom. The maximum atomic E-state index is 12.4.